The Bertz CT molecular complexity index is 425. The summed E-state index contributed by atoms with van der Waals surface area (Å²) in [5.41, 5.74) is 1.31. The Labute approximate surface area is 108 Å². The lowest BCUT2D eigenvalue weighted by Crippen LogP contribution is -2.40. The molecule has 0 radical (unpaired) electrons. The molecule has 3 heteroatoms. The highest BCUT2D eigenvalue weighted by Crippen LogP contribution is 2.45. The molecule has 1 aromatic carbocycles. The van der Waals surface area contributed by atoms with Crippen LogP contribution in [0.2, 0.25) is 0 Å². The molecular formula is C15H21NO2. The second kappa shape index (κ2) is 4.81. The molecule has 0 bridgehead atoms. The Morgan fingerprint density at radius 2 is 1.89 bits per heavy atom. The van der Waals surface area contributed by atoms with Gasteiger partial charge in [-0.3, -0.25) is 0 Å². The van der Waals surface area contributed by atoms with E-state index in [9.17, 15) is 0 Å². The van der Waals surface area contributed by atoms with Crippen LogP contribution in [-0.2, 0) is 6.42 Å². The molecule has 1 aromatic rings. The van der Waals surface area contributed by atoms with Crippen molar-refractivity contribution >= 4 is 0 Å². The van der Waals surface area contributed by atoms with Gasteiger partial charge in [0.2, 0.25) is 0 Å². The molecule has 1 N–H and O–H groups in total. The highest BCUT2D eigenvalue weighted by molar-refractivity contribution is 5.46. The Morgan fingerprint density at radius 1 is 1.11 bits per heavy atom. The zero-order chi connectivity index (χ0) is 12.4. The molecule has 2 aliphatic rings. The van der Waals surface area contributed by atoms with Crippen molar-refractivity contribution in [3.63, 3.8) is 0 Å². The van der Waals surface area contributed by atoms with E-state index in [-0.39, 0.29) is 5.79 Å². The summed E-state index contributed by atoms with van der Waals surface area (Å²) in [6, 6.07) is 6.33. The monoisotopic (exact) mass is 247 g/mol. The first kappa shape index (κ1) is 11.8. The van der Waals surface area contributed by atoms with E-state index in [1.807, 2.05) is 7.05 Å². The summed E-state index contributed by atoms with van der Waals surface area (Å²) < 4.78 is 12.2. The van der Waals surface area contributed by atoms with Crippen LogP contribution in [0.4, 0.5) is 0 Å². The summed E-state index contributed by atoms with van der Waals surface area (Å²) in [4.78, 5) is 0. The van der Waals surface area contributed by atoms with E-state index in [1.165, 1.54) is 24.8 Å². The van der Waals surface area contributed by atoms with Gasteiger partial charge in [-0.25, -0.2) is 0 Å². The molecule has 1 fully saturated rings. The summed E-state index contributed by atoms with van der Waals surface area (Å²) in [6.07, 6.45) is 6.79. The van der Waals surface area contributed by atoms with Gasteiger partial charge in [-0.05, 0) is 50.6 Å². The van der Waals surface area contributed by atoms with Gasteiger partial charge in [-0.1, -0.05) is 12.5 Å². The van der Waals surface area contributed by atoms with Crippen LogP contribution in [0.1, 0.15) is 37.7 Å². The molecule has 3 nitrogen and oxygen atoms in total. The van der Waals surface area contributed by atoms with Gasteiger partial charge in [0.05, 0.1) is 0 Å². The first-order valence-electron chi connectivity index (χ1n) is 6.97. The Balaban J connectivity index is 1.76. The third-order valence-corrected chi connectivity index (χ3v) is 3.88. The lowest BCUT2D eigenvalue weighted by Gasteiger charge is -2.31. The average molecular weight is 247 g/mol. The summed E-state index contributed by atoms with van der Waals surface area (Å²) in [5.74, 6) is 1.51. The van der Waals surface area contributed by atoms with E-state index in [1.54, 1.807) is 0 Å². The van der Waals surface area contributed by atoms with E-state index >= 15 is 0 Å². The van der Waals surface area contributed by atoms with Gasteiger partial charge in [-0.15, -0.1) is 0 Å². The SMILES string of the molecule is CNCCc1ccc2c(c1)OC1(CCCCC1)O2. The molecule has 98 valence electrons. The number of hydrogen-bond acceptors (Lipinski definition) is 3. The standard InChI is InChI=1S/C15H21NO2/c1-16-10-7-12-5-6-13-14(11-12)18-15(17-13)8-3-2-4-9-15/h5-6,11,16H,2-4,7-10H2,1H3. The van der Waals surface area contributed by atoms with E-state index < -0.39 is 0 Å². The Morgan fingerprint density at radius 3 is 2.67 bits per heavy atom. The van der Waals surface area contributed by atoms with Gasteiger partial charge < -0.3 is 14.8 Å². The van der Waals surface area contributed by atoms with Gasteiger partial charge in [0, 0.05) is 12.8 Å². The smallest absolute Gasteiger partial charge is 0.251 e. The highest BCUT2D eigenvalue weighted by atomic mass is 16.7. The molecule has 0 aromatic heterocycles. The summed E-state index contributed by atoms with van der Waals surface area (Å²) >= 11 is 0. The van der Waals surface area contributed by atoms with Crippen molar-refractivity contribution in [1.29, 1.82) is 0 Å². The molecule has 3 rings (SSSR count). The molecule has 1 aliphatic carbocycles. The van der Waals surface area contributed by atoms with E-state index in [4.69, 9.17) is 9.47 Å². The predicted molar refractivity (Wildman–Crippen MR) is 71.1 cm³/mol. The van der Waals surface area contributed by atoms with Crippen molar-refractivity contribution in [3.8, 4) is 11.5 Å². The largest absolute Gasteiger partial charge is 0.448 e. The van der Waals surface area contributed by atoms with Gasteiger partial charge >= 0.3 is 0 Å². The first-order chi connectivity index (χ1) is 8.81. The van der Waals surface area contributed by atoms with Gasteiger partial charge in [0.15, 0.2) is 11.5 Å². The summed E-state index contributed by atoms with van der Waals surface area (Å²) in [5, 5.41) is 3.17. The molecule has 0 amide bonds. The maximum atomic E-state index is 6.11. The van der Waals surface area contributed by atoms with Gasteiger partial charge in [0.1, 0.15) is 0 Å². The average Bonchev–Trinajstić information content (AvgIpc) is 2.73. The van der Waals surface area contributed by atoms with Crippen molar-refractivity contribution in [3.05, 3.63) is 23.8 Å². The van der Waals surface area contributed by atoms with Crippen LogP contribution in [0.15, 0.2) is 18.2 Å². The van der Waals surface area contributed by atoms with Crippen LogP contribution in [-0.4, -0.2) is 19.4 Å². The van der Waals surface area contributed by atoms with Crippen molar-refractivity contribution in [2.45, 2.75) is 44.3 Å². The Kier molecular flexibility index (Phi) is 3.16. The molecule has 1 spiro atoms. The van der Waals surface area contributed by atoms with Gasteiger partial charge in [-0.2, -0.15) is 0 Å². The fourth-order valence-corrected chi connectivity index (χ4v) is 2.86. The van der Waals surface area contributed by atoms with Crippen LogP contribution in [0.25, 0.3) is 0 Å². The minimum atomic E-state index is -0.345. The van der Waals surface area contributed by atoms with E-state index in [0.29, 0.717) is 0 Å². The quantitative estimate of drug-likeness (QED) is 0.891. The number of fused-ring (bicyclic) bond motifs is 1. The van der Waals surface area contributed by atoms with E-state index in [2.05, 4.69) is 23.5 Å². The molecule has 1 aliphatic heterocycles. The third-order valence-electron chi connectivity index (χ3n) is 3.88. The third kappa shape index (κ3) is 2.19. The summed E-state index contributed by atoms with van der Waals surface area (Å²) in [6.45, 7) is 0.991. The molecule has 0 atom stereocenters. The Hall–Kier alpha value is -1.22. The van der Waals surface area contributed by atoms with Crippen LogP contribution >= 0.6 is 0 Å². The van der Waals surface area contributed by atoms with E-state index in [0.717, 1.165) is 37.3 Å². The van der Waals surface area contributed by atoms with Crippen molar-refractivity contribution < 1.29 is 9.47 Å². The number of benzene rings is 1. The number of ether oxygens (including phenoxy) is 2. The second-order valence-corrected chi connectivity index (χ2v) is 5.31. The first-order valence-corrected chi connectivity index (χ1v) is 6.97. The fourth-order valence-electron chi connectivity index (χ4n) is 2.86. The van der Waals surface area contributed by atoms with Crippen LogP contribution in [0.3, 0.4) is 0 Å². The normalized spacial score (nSPS) is 20.3. The zero-order valence-corrected chi connectivity index (χ0v) is 11.0. The lowest BCUT2D eigenvalue weighted by atomic mass is 9.94. The van der Waals surface area contributed by atoms with Gasteiger partial charge in [0.25, 0.3) is 5.79 Å². The van der Waals surface area contributed by atoms with Crippen LogP contribution in [0, 0.1) is 0 Å². The van der Waals surface area contributed by atoms with Crippen molar-refractivity contribution in [2.75, 3.05) is 13.6 Å². The lowest BCUT2D eigenvalue weighted by molar-refractivity contribution is -0.105. The van der Waals surface area contributed by atoms with Crippen LogP contribution in [0.5, 0.6) is 11.5 Å². The van der Waals surface area contributed by atoms with Crippen molar-refractivity contribution in [1.82, 2.24) is 5.32 Å². The maximum absolute atomic E-state index is 6.11. The number of rotatable bonds is 3. The molecule has 1 heterocycles. The topological polar surface area (TPSA) is 30.5 Å². The van der Waals surface area contributed by atoms with Crippen molar-refractivity contribution in [2.24, 2.45) is 0 Å². The van der Waals surface area contributed by atoms with Crippen LogP contribution < -0.4 is 14.8 Å². The molecule has 0 unspecified atom stereocenters. The highest BCUT2D eigenvalue weighted by Gasteiger charge is 2.42. The minimum absolute atomic E-state index is 0.345. The number of hydrogen-bond donors (Lipinski definition) is 1. The maximum Gasteiger partial charge on any atom is 0.251 e. The molecular weight excluding hydrogens is 226 g/mol. The molecule has 1 saturated carbocycles. The fraction of sp³-hybridized carbons (Fsp3) is 0.600. The minimum Gasteiger partial charge on any atom is -0.448 e. The molecule has 18 heavy (non-hydrogen) atoms. The number of nitrogens with one attached hydrogen (secondary N) is 1. The molecule has 0 saturated heterocycles. The summed E-state index contributed by atoms with van der Waals surface area (Å²) in [7, 11) is 1.98. The second-order valence-electron chi connectivity index (χ2n) is 5.31. The number of likely N-dealkylation sites (N-methyl/N-ethyl adjacent to an activating group) is 1. The zero-order valence-electron chi connectivity index (χ0n) is 11.0. The predicted octanol–water partition coefficient (Wildman–Crippen LogP) is 2.88.